The van der Waals surface area contributed by atoms with Crippen LogP contribution in [0.3, 0.4) is 0 Å². The molecule has 1 unspecified atom stereocenters. The third-order valence-electron chi connectivity index (χ3n) is 6.53. The topological polar surface area (TPSA) is 46.5 Å². The normalized spacial score (nSPS) is 15.8. The average Bonchev–Trinajstić information content (AvgIpc) is 2.73. The van der Waals surface area contributed by atoms with Gasteiger partial charge in [-0.1, -0.05) is 77.1 Å². The fourth-order valence-electron chi connectivity index (χ4n) is 4.47. The van der Waals surface area contributed by atoms with Crippen LogP contribution in [-0.4, -0.2) is 17.7 Å². The molecule has 0 aromatic heterocycles. The van der Waals surface area contributed by atoms with Gasteiger partial charge in [-0.15, -0.1) is 0 Å². The number of rotatable bonds is 10. The van der Waals surface area contributed by atoms with Crippen molar-refractivity contribution in [2.45, 2.75) is 83.5 Å². The van der Waals surface area contributed by atoms with E-state index >= 15 is 0 Å². The minimum absolute atomic E-state index is 0.141. The van der Waals surface area contributed by atoms with E-state index in [1.54, 1.807) is 12.1 Å². The van der Waals surface area contributed by atoms with E-state index in [0.29, 0.717) is 11.5 Å². The van der Waals surface area contributed by atoms with E-state index in [2.05, 4.69) is 39.0 Å². The highest BCUT2D eigenvalue weighted by Gasteiger charge is 2.29. The quantitative estimate of drug-likeness (QED) is 0.425. The molecular weight excluding hydrogens is 372 g/mol. The van der Waals surface area contributed by atoms with Gasteiger partial charge in [-0.3, -0.25) is 0 Å². The van der Waals surface area contributed by atoms with Gasteiger partial charge in [0.2, 0.25) is 0 Å². The van der Waals surface area contributed by atoms with Crippen LogP contribution in [-0.2, 0) is 11.8 Å². The molecule has 0 aliphatic carbocycles. The molecule has 0 radical (unpaired) electrons. The number of hydrogen-bond donors (Lipinski definition) is 1. The van der Waals surface area contributed by atoms with Crippen LogP contribution in [0.1, 0.15) is 98.7 Å². The van der Waals surface area contributed by atoms with Crippen molar-refractivity contribution < 1.29 is 14.6 Å². The second kappa shape index (κ2) is 10.1. The fraction of sp³-hybridized carbons (Fsp3) is 0.519. The first-order valence-electron chi connectivity index (χ1n) is 11.5. The summed E-state index contributed by atoms with van der Waals surface area (Å²) in [5.41, 5.74) is 4.39. The lowest BCUT2D eigenvalue weighted by Gasteiger charge is -2.33. The molecule has 0 saturated heterocycles. The summed E-state index contributed by atoms with van der Waals surface area (Å²) >= 11 is 0. The molecular formula is C27H36O3. The molecule has 0 spiro atoms. The van der Waals surface area contributed by atoms with Crippen LogP contribution in [0.5, 0.6) is 5.75 Å². The Morgan fingerprint density at radius 2 is 1.80 bits per heavy atom. The van der Waals surface area contributed by atoms with E-state index in [1.165, 1.54) is 48.8 Å². The van der Waals surface area contributed by atoms with E-state index in [4.69, 9.17) is 4.74 Å². The van der Waals surface area contributed by atoms with Gasteiger partial charge in [0.25, 0.3) is 0 Å². The maximum Gasteiger partial charge on any atom is 0.335 e. The van der Waals surface area contributed by atoms with Gasteiger partial charge in [-0.05, 0) is 59.9 Å². The van der Waals surface area contributed by atoms with Gasteiger partial charge in [0, 0.05) is 5.56 Å². The van der Waals surface area contributed by atoms with E-state index < -0.39 is 5.97 Å². The second-order valence-electron chi connectivity index (χ2n) is 9.34. The van der Waals surface area contributed by atoms with Gasteiger partial charge < -0.3 is 9.84 Å². The Hall–Kier alpha value is -2.29. The Kier molecular flexibility index (Phi) is 7.58. The summed E-state index contributed by atoms with van der Waals surface area (Å²) in [5.74, 6) is 0.562. The van der Waals surface area contributed by atoms with Crippen LogP contribution in [0.4, 0.5) is 0 Å². The van der Waals surface area contributed by atoms with Crippen LogP contribution in [0, 0.1) is 0 Å². The number of fused-ring (bicyclic) bond motifs is 1. The number of ether oxygens (including phenoxy) is 1. The first-order valence-corrected chi connectivity index (χ1v) is 11.5. The van der Waals surface area contributed by atoms with Crippen LogP contribution in [0.2, 0.25) is 0 Å². The number of unbranched alkanes of at least 4 members (excludes halogenated alkanes) is 4. The predicted molar refractivity (Wildman–Crippen MR) is 123 cm³/mol. The fourth-order valence-corrected chi connectivity index (χ4v) is 4.47. The number of carboxylic acid groups (broad SMARTS) is 1. The first-order chi connectivity index (χ1) is 14.4. The van der Waals surface area contributed by atoms with Crippen molar-refractivity contribution in [3.8, 4) is 5.75 Å². The molecule has 1 aliphatic rings. The van der Waals surface area contributed by atoms with Crippen molar-refractivity contribution in [1.29, 1.82) is 0 Å². The van der Waals surface area contributed by atoms with Crippen molar-refractivity contribution in [3.63, 3.8) is 0 Å². The highest BCUT2D eigenvalue weighted by atomic mass is 16.5. The predicted octanol–water partition coefficient (Wildman–Crippen LogP) is 7.13. The number of carboxylic acids is 1. The molecule has 2 aromatic rings. The van der Waals surface area contributed by atoms with Gasteiger partial charge in [-0.25, -0.2) is 4.79 Å². The number of benzene rings is 2. The van der Waals surface area contributed by atoms with Gasteiger partial charge in [0.1, 0.15) is 5.75 Å². The summed E-state index contributed by atoms with van der Waals surface area (Å²) in [6, 6.07) is 14.2. The highest BCUT2D eigenvalue weighted by Crippen LogP contribution is 2.39. The van der Waals surface area contributed by atoms with Crippen LogP contribution in [0.25, 0.3) is 0 Å². The zero-order chi connectivity index (χ0) is 21.6. The van der Waals surface area contributed by atoms with Crippen LogP contribution < -0.4 is 4.74 Å². The van der Waals surface area contributed by atoms with Gasteiger partial charge in [0.05, 0.1) is 12.2 Å². The van der Waals surface area contributed by atoms with Crippen LogP contribution in [0.15, 0.2) is 42.5 Å². The largest absolute Gasteiger partial charge is 0.493 e. The molecule has 3 nitrogen and oxygen atoms in total. The molecule has 3 rings (SSSR count). The van der Waals surface area contributed by atoms with Gasteiger partial charge in [0.15, 0.2) is 0 Å². The summed E-state index contributed by atoms with van der Waals surface area (Å²) in [6.45, 7) is 7.63. The lowest BCUT2D eigenvalue weighted by atomic mass is 9.78. The molecule has 2 aromatic carbocycles. The van der Waals surface area contributed by atoms with Crippen molar-refractivity contribution in [1.82, 2.24) is 0 Å². The molecule has 1 aliphatic heterocycles. The number of carbonyl (C=O) groups is 1. The zero-order valence-corrected chi connectivity index (χ0v) is 18.7. The molecule has 0 fully saturated rings. The zero-order valence-electron chi connectivity index (χ0n) is 18.7. The Morgan fingerprint density at radius 1 is 1.07 bits per heavy atom. The molecule has 1 atom stereocenters. The Morgan fingerprint density at radius 3 is 2.50 bits per heavy atom. The molecule has 1 heterocycles. The summed E-state index contributed by atoms with van der Waals surface area (Å²) in [5, 5.41) is 9.22. The molecule has 0 saturated carbocycles. The third-order valence-corrected chi connectivity index (χ3v) is 6.53. The van der Waals surface area contributed by atoms with E-state index in [9.17, 15) is 9.90 Å². The average molecular weight is 409 g/mol. The van der Waals surface area contributed by atoms with Gasteiger partial charge in [-0.2, -0.15) is 0 Å². The van der Waals surface area contributed by atoms with Crippen LogP contribution >= 0.6 is 0 Å². The lowest BCUT2D eigenvalue weighted by Crippen LogP contribution is -2.26. The number of hydrogen-bond acceptors (Lipinski definition) is 2. The van der Waals surface area contributed by atoms with Crippen molar-refractivity contribution in [3.05, 3.63) is 64.7 Å². The lowest BCUT2D eigenvalue weighted by molar-refractivity contribution is 0.0697. The van der Waals surface area contributed by atoms with E-state index in [0.717, 1.165) is 31.6 Å². The summed E-state index contributed by atoms with van der Waals surface area (Å²) in [4.78, 5) is 11.2. The molecule has 0 bridgehead atoms. The molecule has 0 amide bonds. The van der Waals surface area contributed by atoms with E-state index in [-0.39, 0.29) is 5.41 Å². The first kappa shape index (κ1) is 22.4. The summed E-state index contributed by atoms with van der Waals surface area (Å²) in [6.07, 6.45) is 9.49. The Balaban J connectivity index is 1.78. The standard InChI is InChI=1S/C27H36O3/c1-4-5-6-7-8-9-23(21-11-13-22(14-12-21)26(28)29)18-20-10-15-25-24(19-20)27(2,3)16-17-30-25/h10-15,19,23H,4-9,16-18H2,1-3H3,(H,28,29). The second-order valence-corrected chi connectivity index (χ2v) is 9.34. The number of aromatic carboxylic acids is 1. The van der Waals surface area contributed by atoms with E-state index in [1.807, 2.05) is 12.1 Å². The van der Waals surface area contributed by atoms with Crippen molar-refractivity contribution >= 4 is 5.97 Å². The van der Waals surface area contributed by atoms with Crippen molar-refractivity contribution in [2.24, 2.45) is 0 Å². The van der Waals surface area contributed by atoms with Gasteiger partial charge >= 0.3 is 5.97 Å². The minimum Gasteiger partial charge on any atom is -0.493 e. The van der Waals surface area contributed by atoms with Crippen molar-refractivity contribution in [2.75, 3.05) is 6.61 Å². The Labute approximate surface area is 181 Å². The highest BCUT2D eigenvalue weighted by molar-refractivity contribution is 5.87. The molecule has 30 heavy (non-hydrogen) atoms. The summed E-state index contributed by atoms with van der Waals surface area (Å²) in [7, 11) is 0. The third kappa shape index (κ3) is 5.65. The minimum atomic E-state index is -0.866. The maximum absolute atomic E-state index is 11.2. The molecule has 3 heteroatoms. The molecule has 1 N–H and O–H groups in total. The molecule has 162 valence electrons. The monoisotopic (exact) mass is 408 g/mol. The maximum atomic E-state index is 11.2. The summed E-state index contributed by atoms with van der Waals surface area (Å²) < 4.78 is 5.89. The smallest absolute Gasteiger partial charge is 0.335 e. The SMILES string of the molecule is CCCCCCCC(Cc1ccc2c(c1)C(C)(C)CCO2)c1ccc(C(=O)O)cc1. The Bertz CT molecular complexity index is 836.